The molecule has 18 heteroatoms. The van der Waals surface area contributed by atoms with E-state index in [9.17, 15) is 18.9 Å². The van der Waals surface area contributed by atoms with E-state index in [-0.39, 0.29) is 53.6 Å². The highest BCUT2D eigenvalue weighted by Gasteiger charge is 2.61. The summed E-state index contributed by atoms with van der Waals surface area (Å²) in [5.74, 6) is -1.15. The number of fused-ring (bicyclic) bond motifs is 1. The molecule has 230 valence electrons. The first-order chi connectivity index (χ1) is 21.2. The lowest BCUT2D eigenvalue weighted by Crippen LogP contribution is -2.75. The largest absolute Gasteiger partial charge is 0.614 e. The molecular formula is C26H25BClN5O9S2. The number of hydrogen-bond acceptors (Lipinski definition) is 13. The molecule has 1 fully saturated rings. The molecule has 0 radical (unpaired) electrons. The van der Waals surface area contributed by atoms with Gasteiger partial charge in [-0.25, -0.2) is 9.78 Å². The second-order valence-corrected chi connectivity index (χ2v) is 12.2. The average Bonchev–Trinajstić information content (AvgIpc) is 3.68. The number of oxime groups is 1. The molecule has 1 saturated heterocycles. The van der Waals surface area contributed by atoms with E-state index in [0.717, 1.165) is 16.2 Å². The third-order valence-corrected chi connectivity index (χ3v) is 9.30. The Morgan fingerprint density at radius 2 is 2.09 bits per heavy atom. The molecule has 0 bridgehead atoms. The molecule has 1 aromatic carbocycles. The van der Waals surface area contributed by atoms with Crippen LogP contribution in [0, 0.1) is 6.92 Å². The van der Waals surface area contributed by atoms with E-state index >= 15 is 0 Å². The van der Waals surface area contributed by atoms with Gasteiger partial charge in [-0.15, -0.1) is 22.9 Å². The van der Waals surface area contributed by atoms with Crippen LogP contribution in [0.15, 0.2) is 56.7 Å². The van der Waals surface area contributed by atoms with Crippen molar-refractivity contribution in [1.29, 1.82) is 0 Å². The van der Waals surface area contributed by atoms with Crippen LogP contribution in [0.2, 0.25) is 0 Å². The number of ether oxygens (including phenoxy) is 2. The van der Waals surface area contributed by atoms with E-state index in [1.54, 1.807) is 19.4 Å². The molecule has 14 nitrogen and oxygen atoms in total. The number of alkyl halides is 1. The first-order valence-corrected chi connectivity index (χ1v) is 15.7. The van der Waals surface area contributed by atoms with Crippen molar-refractivity contribution >= 4 is 65.7 Å². The molecule has 2 aliphatic heterocycles. The van der Waals surface area contributed by atoms with Gasteiger partial charge in [-0.05, 0) is 41.0 Å². The van der Waals surface area contributed by atoms with Gasteiger partial charge in [0.2, 0.25) is 5.37 Å². The van der Waals surface area contributed by atoms with Crippen LogP contribution in [0.5, 0.6) is 11.6 Å². The molecule has 3 aromatic rings. The number of aryl methyl sites for hydroxylation is 1. The van der Waals surface area contributed by atoms with Crippen LogP contribution in [0.25, 0.3) is 0 Å². The van der Waals surface area contributed by atoms with Gasteiger partial charge in [0.25, 0.3) is 17.7 Å². The van der Waals surface area contributed by atoms with Crippen LogP contribution in [0.1, 0.15) is 22.0 Å². The van der Waals surface area contributed by atoms with Crippen LogP contribution >= 0.6 is 22.9 Å². The van der Waals surface area contributed by atoms with Gasteiger partial charge < -0.3 is 33.4 Å². The Bertz CT molecular complexity index is 1610. The summed E-state index contributed by atoms with van der Waals surface area (Å²) in [5.41, 5.74) is 1.14. The van der Waals surface area contributed by atoms with Gasteiger partial charge in [-0.3, -0.25) is 14.5 Å². The van der Waals surface area contributed by atoms with E-state index in [1.165, 1.54) is 25.5 Å². The summed E-state index contributed by atoms with van der Waals surface area (Å²) in [6, 6.07) is 7.68. The summed E-state index contributed by atoms with van der Waals surface area (Å²) in [7, 11) is 2.75. The number of nitrogens with zero attached hydrogens (tertiary/aromatic N) is 4. The van der Waals surface area contributed by atoms with E-state index in [0.29, 0.717) is 10.6 Å². The molecule has 2 aromatic heterocycles. The van der Waals surface area contributed by atoms with Gasteiger partial charge in [-0.1, -0.05) is 17.3 Å². The van der Waals surface area contributed by atoms with E-state index in [1.807, 2.05) is 24.3 Å². The zero-order chi connectivity index (χ0) is 31.4. The number of carbonyl (C=O) groups excluding carboxylic acids is 3. The summed E-state index contributed by atoms with van der Waals surface area (Å²) in [6.45, 7) is 1.80. The van der Waals surface area contributed by atoms with Crippen molar-refractivity contribution in [2.24, 2.45) is 5.16 Å². The molecular weight excluding hydrogens is 637 g/mol. The second-order valence-electron chi connectivity index (χ2n) is 9.39. The molecule has 2 amide bonds. The Kier molecular flexibility index (Phi) is 9.78. The summed E-state index contributed by atoms with van der Waals surface area (Å²) in [4.78, 5) is 49.6. The number of hydrogen-bond donors (Lipinski definition) is 1. The van der Waals surface area contributed by atoms with Crippen LogP contribution < -0.4 is 14.8 Å². The number of halogens is 1. The predicted octanol–water partition coefficient (Wildman–Crippen LogP) is 0.948. The Morgan fingerprint density at radius 1 is 1.32 bits per heavy atom. The second kappa shape index (κ2) is 13.7. The lowest BCUT2D eigenvalue weighted by Gasteiger charge is -2.49. The van der Waals surface area contributed by atoms with Crippen LogP contribution in [0.4, 0.5) is 0 Å². The average molecular weight is 662 g/mol. The van der Waals surface area contributed by atoms with Crippen molar-refractivity contribution < 1.29 is 42.4 Å². The highest BCUT2D eigenvalue weighted by atomic mass is 35.5. The summed E-state index contributed by atoms with van der Waals surface area (Å²) >= 11 is 5.58. The van der Waals surface area contributed by atoms with E-state index in [2.05, 4.69) is 20.6 Å². The smallest absolute Gasteiger partial charge is 0.337 e. The summed E-state index contributed by atoms with van der Waals surface area (Å²) in [5, 5.41) is 11.7. The van der Waals surface area contributed by atoms with Crippen LogP contribution in [0.3, 0.4) is 0 Å². The molecule has 2 aliphatic rings. The Balaban J connectivity index is 1.25. The number of benzene rings is 1. The summed E-state index contributed by atoms with van der Waals surface area (Å²) < 4.78 is 33.8. The number of thiazole rings is 1. The maximum absolute atomic E-state index is 13.4. The number of rotatable bonds is 12. The Hall–Kier alpha value is -4.06. The zero-order valence-corrected chi connectivity index (χ0v) is 26.0. The molecule has 1 N–H and O–H groups in total. The fourth-order valence-corrected chi connectivity index (χ4v) is 7.01. The quantitative estimate of drug-likeness (QED) is 0.0730. The molecule has 0 spiro atoms. The Labute approximate surface area is 263 Å². The first kappa shape index (κ1) is 31.4. The highest BCUT2D eigenvalue weighted by Crippen LogP contribution is 2.37. The monoisotopic (exact) mass is 661 g/mol. The topological polar surface area (TPSA) is 178 Å². The van der Waals surface area contributed by atoms with Crippen molar-refractivity contribution in [2.75, 3.05) is 18.7 Å². The molecule has 3 atom stereocenters. The SMILES string of the molecule is BOC(=O)C1=C(CCl)C[S+]([O-])[C@@H]2[C@H](NC(=O)/C(=N\OCc3cc(OCc4ccc(OC)cc4)no3)c3csc(C)n3)C(=O)N12. The maximum Gasteiger partial charge on any atom is 0.337 e. The minimum absolute atomic E-state index is 0.0485. The number of methoxy groups -OCH3 is 1. The molecule has 0 aliphatic carbocycles. The minimum Gasteiger partial charge on any atom is -0.614 e. The molecule has 0 saturated carbocycles. The van der Waals surface area contributed by atoms with Crippen LogP contribution in [-0.2, 0) is 48.3 Å². The Morgan fingerprint density at radius 3 is 2.75 bits per heavy atom. The number of aromatic nitrogens is 2. The molecule has 5 rings (SSSR count). The molecule has 4 heterocycles. The fourth-order valence-electron chi connectivity index (χ4n) is 4.40. The van der Waals surface area contributed by atoms with Gasteiger partial charge in [0.1, 0.15) is 29.5 Å². The highest BCUT2D eigenvalue weighted by molar-refractivity contribution is 7.92. The first-order valence-electron chi connectivity index (χ1n) is 12.9. The minimum atomic E-state index is -1.64. The van der Waals surface area contributed by atoms with Gasteiger partial charge >= 0.3 is 14.0 Å². The molecule has 44 heavy (non-hydrogen) atoms. The predicted molar refractivity (Wildman–Crippen MR) is 160 cm³/mol. The standard InChI is InChI=1S/C26H25BClN5O9S2/c1-13-29-18(11-43-13)20(32-40-10-17-7-19(31-42-17)39-9-14-3-5-16(38-2)6-4-14)23(34)30-21-24(35)33-22(26(36)41-27)15(8-28)12-44(37)25(21)33/h3-7,11,21,25H,8-10,12,27H2,1-2H3,(H,30,34)/b32-20-/t21-,25-,44?/m1/s1. The molecule has 1 unspecified atom stereocenters. The third-order valence-electron chi connectivity index (χ3n) is 6.55. The van der Waals surface area contributed by atoms with Crippen molar-refractivity contribution in [2.45, 2.75) is 31.6 Å². The van der Waals surface area contributed by atoms with Gasteiger partial charge in [0.05, 0.1) is 18.0 Å². The number of β-lactam (4-membered cyclic amide) rings is 1. The van der Waals surface area contributed by atoms with Crippen molar-refractivity contribution in [1.82, 2.24) is 20.4 Å². The maximum atomic E-state index is 13.4. The van der Waals surface area contributed by atoms with Gasteiger partial charge in [0, 0.05) is 17.0 Å². The number of nitrogens with one attached hydrogen (secondary N) is 1. The van der Waals surface area contributed by atoms with Gasteiger partial charge in [-0.2, -0.15) is 0 Å². The van der Waals surface area contributed by atoms with Crippen molar-refractivity contribution in [3.05, 3.63) is 69.0 Å². The zero-order valence-electron chi connectivity index (χ0n) is 23.6. The summed E-state index contributed by atoms with van der Waals surface area (Å²) in [6.07, 6.45) is 0. The van der Waals surface area contributed by atoms with Crippen molar-refractivity contribution in [3.8, 4) is 11.6 Å². The lowest BCUT2D eigenvalue weighted by atomic mass is 10.0. The fraction of sp³-hybridized carbons (Fsp3) is 0.308. The van der Waals surface area contributed by atoms with E-state index in [4.69, 9.17) is 35.1 Å². The normalized spacial score (nSPS) is 19.6. The lowest BCUT2D eigenvalue weighted by molar-refractivity contribution is -0.149. The number of carbonyl (C=O) groups is 3. The third kappa shape index (κ3) is 6.55. The van der Waals surface area contributed by atoms with Crippen molar-refractivity contribution in [3.63, 3.8) is 0 Å². The van der Waals surface area contributed by atoms with E-state index < -0.39 is 40.4 Å². The number of amides is 2. The van der Waals surface area contributed by atoms with Crippen LogP contribution in [-0.4, -0.2) is 81.3 Å². The van der Waals surface area contributed by atoms with Gasteiger partial charge in [0.15, 0.2) is 24.1 Å².